The molecule has 2 atom stereocenters. The molecule has 8 nitrogen and oxygen atoms in total. The van der Waals surface area contributed by atoms with Gasteiger partial charge in [0.05, 0.1) is 38.6 Å². The lowest BCUT2D eigenvalue weighted by atomic mass is 9.90. The van der Waals surface area contributed by atoms with Crippen LogP contribution in [0.4, 0.5) is 13.2 Å². The smallest absolute Gasteiger partial charge is 0.385 e. The molecule has 0 rings (SSSR count). The third-order valence-electron chi connectivity index (χ3n) is 6.64. The lowest BCUT2D eigenvalue weighted by Gasteiger charge is -2.27. The van der Waals surface area contributed by atoms with Crippen LogP contribution in [0.2, 0.25) is 0 Å². The van der Waals surface area contributed by atoms with Crippen molar-refractivity contribution in [3.05, 3.63) is 0 Å². The maximum Gasteiger partial charge on any atom is 0.411 e. The van der Waals surface area contributed by atoms with Crippen LogP contribution in [0.5, 0.6) is 0 Å². The highest BCUT2D eigenvalue weighted by molar-refractivity contribution is 4.72. The number of hydrogen-bond donors (Lipinski definition) is 0. The van der Waals surface area contributed by atoms with Crippen LogP contribution in [0, 0.1) is 10.8 Å². The van der Waals surface area contributed by atoms with Gasteiger partial charge in [-0.05, 0) is 39.0 Å². The Labute approximate surface area is 316 Å². The van der Waals surface area contributed by atoms with Gasteiger partial charge in [0.25, 0.3) is 0 Å². The molecule has 0 heterocycles. The first-order chi connectivity index (χ1) is 24.0. The van der Waals surface area contributed by atoms with E-state index < -0.39 is 12.8 Å². The molecule has 320 valence electrons. The Morgan fingerprint density at radius 3 is 1.16 bits per heavy atom. The van der Waals surface area contributed by atoms with Crippen molar-refractivity contribution in [2.24, 2.45) is 10.8 Å². The molecule has 0 aromatic rings. The van der Waals surface area contributed by atoms with Gasteiger partial charge in [0.15, 0.2) is 0 Å². The summed E-state index contributed by atoms with van der Waals surface area (Å²) >= 11 is 0. The van der Waals surface area contributed by atoms with Gasteiger partial charge in [-0.3, -0.25) is 0 Å². The number of halogens is 3. The minimum Gasteiger partial charge on any atom is -0.385 e. The Kier molecular flexibility index (Phi) is 63.4. The minimum absolute atomic E-state index is 0.0663. The lowest BCUT2D eigenvalue weighted by molar-refractivity contribution is -0.182. The largest absolute Gasteiger partial charge is 0.411 e. The number of rotatable bonds is 23. The molecule has 0 radical (unpaired) electrons. The van der Waals surface area contributed by atoms with Crippen LogP contribution in [0.15, 0.2) is 0 Å². The van der Waals surface area contributed by atoms with Crippen LogP contribution < -0.4 is 0 Å². The summed E-state index contributed by atoms with van der Waals surface area (Å²) in [5, 5.41) is 0. The van der Waals surface area contributed by atoms with Gasteiger partial charge in [0.1, 0.15) is 6.61 Å². The predicted molar refractivity (Wildman–Crippen MR) is 212 cm³/mol. The molecule has 0 aliphatic heterocycles. The van der Waals surface area contributed by atoms with E-state index in [2.05, 4.69) is 53.2 Å². The van der Waals surface area contributed by atoms with Crippen molar-refractivity contribution in [2.75, 3.05) is 102 Å². The molecule has 51 heavy (non-hydrogen) atoms. The second-order valence-corrected chi connectivity index (χ2v) is 12.9. The number of hydrogen-bond acceptors (Lipinski definition) is 8. The zero-order valence-corrected chi connectivity index (χ0v) is 37.4. The number of ether oxygens (including phenoxy) is 8. The second-order valence-electron chi connectivity index (χ2n) is 12.9. The van der Waals surface area contributed by atoms with Gasteiger partial charge in [-0.2, -0.15) is 13.2 Å². The van der Waals surface area contributed by atoms with Crippen LogP contribution in [0.1, 0.15) is 141 Å². The van der Waals surface area contributed by atoms with Crippen molar-refractivity contribution in [1.82, 2.24) is 0 Å². The molecule has 0 aliphatic rings. The van der Waals surface area contributed by atoms with Crippen LogP contribution in [-0.2, 0) is 37.9 Å². The van der Waals surface area contributed by atoms with E-state index in [4.69, 9.17) is 33.2 Å². The quantitative estimate of drug-likeness (QED) is 0.0954. The first-order valence-electron chi connectivity index (χ1n) is 19.2. The predicted octanol–water partition coefficient (Wildman–Crippen LogP) is 11.5. The van der Waals surface area contributed by atoms with Crippen LogP contribution in [0.3, 0.4) is 0 Å². The molecule has 0 N–H and O–H groups in total. The molecule has 2 unspecified atom stereocenters. The summed E-state index contributed by atoms with van der Waals surface area (Å²) in [7, 11) is 10.1. The molecule has 0 aliphatic carbocycles. The summed E-state index contributed by atoms with van der Waals surface area (Å²) in [5.74, 6) is 0. The SMILES string of the molecule is CC.CC.CCC(C)(COC)COCC(F)(F)F.CCCCCOC.CCCCOC.CCCOC(C)(CC)COC.COCC(C)(C)COC. The standard InChI is InChI=1S/C9H17F3O2.C9H20O2.C7H16O2.C6H14O.C5H12O.2C2H6/c1-4-8(2,5-13-3)6-14-7-9(10,11)12;1-5-7-11-9(3,6-2)8-10-4;1-7(2,5-8-3)6-9-4;1-3-4-5-6-7-2;1-3-4-5-6-2;2*1-2/h4-7H2,1-3H3;5-8H2,1-4H3;5-6H2,1-4H3;3-6H2,1-2H3;3-5H2,1-2H3;2*1-2H3. The topological polar surface area (TPSA) is 73.8 Å². The molecule has 0 saturated heterocycles. The van der Waals surface area contributed by atoms with E-state index in [0.29, 0.717) is 13.2 Å². The highest BCUT2D eigenvalue weighted by atomic mass is 19.4. The van der Waals surface area contributed by atoms with E-state index in [9.17, 15) is 13.2 Å². The van der Waals surface area contributed by atoms with E-state index >= 15 is 0 Å². The summed E-state index contributed by atoms with van der Waals surface area (Å²) in [4.78, 5) is 0. The first-order valence-corrected chi connectivity index (χ1v) is 19.2. The molecular weight excluding hydrogens is 665 g/mol. The maximum atomic E-state index is 11.8. The molecule has 0 amide bonds. The molecule has 0 saturated carbocycles. The van der Waals surface area contributed by atoms with Gasteiger partial charge in [-0.25, -0.2) is 0 Å². The van der Waals surface area contributed by atoms with Crippen molar-refractivity contribution in [2.45, 2.75) is 153 Å². The fourth-order valence-electron chi connectivity index (χ4n) is 3.52. The molecule has 0 spiro atoms. The maximum absolute atomic E-state index is 11.8. The van der Waals surface area contributed by atoms with Crippen LogP contribution in [0.25, 0.3) is 0 Å². The van der Waals surface area contributed by atoms with Crippen LogP contribution in [-0.4, -0.2) is 114 Å². The van der Waals surface area contributed by atoms with E-state index in [1.807, 2.05) is 41.5 Å². The van der Waals surface area contributed by atoms with Crippen molar-refractivity contribution in [1.29, 1.82) is 0 Å². The summed E-state index contributed by atoms with van der Waals surface area (Å²) < 4.78 is 75.1. The summed E-state index contributed by atoms with van der Waals surface area (Å²) in [6.07, 6.45) is 4.76. The van der Waals surface area contributed by atoms with E-state index in [-0.39, 0.29) is 23.0 Å². The van der Waals surface area contributed by atoms with Gasteiger partial charge in [0, 0.05) is 73.3 Å². The first kappa shape index (κ1) is 65.4. The fourth-order valence-corrected chi connectivity index (χ4v) is 3.52. The van der Waals surface area contributed by atoms with E-state index in [1.54, 1.807) is 35.5 Å². The van der Waals surface area contributed by atoms with Crippen molar-refractivity contribution in [3.8, 4) is 0 Å². The summed E-state index contributed by atoms with van der Waals surface area (Å²) in [5.41, 5.74) is -0.256. The Morgan fingerprint density at radius 1 is 0.431 bits per heavy atom. The minimum atomic E-state index is -4.25. The molecule has 0 aromatic heterocycles. The third kappa shape index (κ3) is 64.8. The van der Waals surface area contributed by atoms with E-state index in [1.165, 1.54) is 39.2 Å². The average Bonchev–Trinajstić information content (AvgIpc) is 3.09. The van der Waals surface area contributed by atoms with Crippen molar-refractivity contribution < 1.29 is 51.1 Å². The van der Waals surface area contributed by atoms with Crippen molar-refractivity contribution >= 4 is 0 Å². The molecule has 11 heteroatoms. The Hall–Kier alpha value is -0.530. The van der Waals surface area contributed by atoms with E-state index in [0.717, 1.165) is 52.3 Å². The Morgan fingerprint density at radius 2 is 0.863 bits per heavy atom. The number of alkyl halides is 3. The van der Waals surface area contributed by atoms with Crippen LogP contribution >= 0.6 is 0 Å². The Bertz CT molecular complexity index is 568. The summed E-state index contributed by atoms with van der Waals surface area (Å²) in [6.45, 7) is 30.8. The molecule has 0 bridgehead atoms. The van der Waals surface area contributed by atoms with Gasteiger partial charge in [-0.1, -0.05) is 102 Å². The third-order valence-corrected chi connectivity index (χ3v) is 6.64. The van der Waals surface area contributed by atoms with Gasteiger partial charge in [0.2, 0.25) is 0 Å². The number of unbranched alkanes of at least 4 members (excludes halogenated alkanes) is 3. The average molecular weight is 757 g/mol. The van der Waals surface area contributed by atoms with Gasteiger partial charge >= 0.3 is 6.18 Å². The molecular formula is C40H91F3O8. The fraction of sp³-hybridized carbons (Fsp3) is 1.00. The Balaban J connectivity index is -0.0000000951. The van der Waals surface area contributed by atoms with Crippen molar-refractivity contribution in [3.63, 3.8) is 0 Å². The molecule has 0 aromatic carbocycles. The lowest BCUT2D eigenvalue weighted by Crippen LogP contribution is -2.33. The second kappa shape index (κ2) is 49.5. The molecule has 0 fully saturated rings. The highest BCUT2D eigenvalue weighted by Gasteiger charge is 2.30. The summed E-state index contributed by atoms with van der Waals surface area (Å²) in [6, 6.07) is 0. The zero-order chi connectivity index (χ0) is 41.7. The monoisotopic (exact) mass is 757 g/mol. The highest BCUT2D eigenvalue weighted by Crippen LogP contribution is 2.23. The zero-order valence-electron chi connectivity index (χ0n) is 37.4. The normalized spacial score (nSPS) is 12.8. The number of methoxy groups -OCH3 is 6. The van der Waals surface area contributed by atoms with Gasteiger partial charge < -0.3 is 37.9 Å². The van der Waals surface area contributed by atoms with Gasteiger partial charge in [-0.15, -0.1) is 0 Å².